The maximum atomic E-state index is 11.6. The van der Waals surface area contributed by atoms with Gasteiger partial charge >= 0.3 is 7.82 Å². The highest BCUT2D eigenvalue weighted by atomic mass is 31.2. The number of amides is 1. The van der Waals surface area contributed by atoms with Gasteiger partial charge in [0.05, 0.1) is 6.61 Å². The number of hydrogen-bond acceptors (Lipinski definition) is 5. The lowest BCUT2D eigenvalue weighted by molar-refractivity contribution is -0.129. The zero-order chi connectivity index (χ0) is 17.0. The largest absolute Gasteiger partial charge is 0.493 e. The van der Waals surface area contributed by atoms with Gasteiger partial charge in [-0.1, -0.05) is 36.8 Å². The molecule has 0 aliphatic carbocycles. The van der Waals surface area contributed by atoms with Crippen LogP contribution >= 0.6 is 7.82 Å². The molecule has 1 amide bonds. The maximum Gasteiger partial charge on any atom is 0.493 e. The standard InChI is InChI=1S/C15H24NO6P/c1-20-12-7-3-6-10-15(17)16-22-23(18,19)21-13-11-14-8-4-2-5-9-14/h2,4-5,8-9H,3,6-7,10-13H2,1H3,(H,16,17)(H,18,19). The summed E-state index contributed by atoms with van der Waals surface area (Å²) in [6, 6.07) is 9.40. The fourth-order valence-electron chi connectivity index (χ4n) is 1.82. The number of phosphoric ester groups is 1. The molecule has 0 fully saturated rings. The molecule has 1 rings (SSSR count). The van der Waals surface area contributed by atoms with Gasteiger partial charge < -0.3 is 9.63 Å². The molecule has 1 aromatic rings. The highest BCUT2D eigenvalue weighted by Gasteiger charge is 2.22. The number of phosphoric acid groups is 1. The van der Waals surface area contributed by atoms with Crippen molar-refractivity contribution >= 4 is 13.7 Å². The molecule has 0 heterocycles. The SMILES string of the molecule is COCCCCCC(=O)NOP(=O)(O)OCCc1ccccc1. The minimum atomic E-state index is -4.29. The van der Waals surface area contributed by atoms with Crippen molar-refractivity contribution in [2.75, 3.05) is 20.3 Å². The fraction of sp³-hybridized carbons (Fsp3) is 0.533. The van der Waals surface area contributed by atoms with E-state index in [4.69, 9.17) is 9.26 Å². The number of methoxy groups -OCH3 is 1. The molecule has 0 aliphatic rings. The zero-order valence-electron chi connectivity index (χ0n) is 13.3. The molecule has 8 heteroatoms. The minimum Gasteiger partial charge on any atom is -0.385 e. The summed E-state index contributed by atoms with van der Waals surface area (Å²) in [5.74, 6) is -0.455. The highest BCUT2D eigenvalue weighted by molar-refractivity contribution is 7.47. The summed E-state index contributed by atoms with van der Waals surface area (Å²) in [4.78, 5) is 20.9. The summed E-state index contributed by atoms with van der Waals surface area (Å²) < 4.78 is 25.8. The number of carbonyl (C=O) groups excluding carboxylic acids is 1. The summed E-state index contributed by atoms with van der Waals surface area (Å²) in [7, 11) is -2.66. The summed E-state index contributed by atoms with van der Waals surface area (Å²) in [6.07, 6.45) is 3.05. The molecule has 7 nitrogen and oxygen atoms in total. The summed E-state index contributed by atoms with van der Waals surface area (Å²) in [5.41, 5.74) is 2.93. The van der Waals surface area contributed by atoms with Crippen molar-refractivity contribution in [3.63, 3.8) is 0 Å². The molecule has 0 spiro atoms. The topological polar surface area (TPSA) is 94.1 Å². The lowest BCUT2D eigenvalue weighted by Crippen LogP contribution is -2.22. The average molecular weight is 345 g/mol. The van der Waals surface area contributed by atoms with E-state index >= 15 is 0 Å². The van der Waals surface area contributed by atoms with E-state index in [1.54, 1.807) is 7.11 Å². The van der Waals surface area contributed by atoms with Gasteiger partial charge in [0.1, 0.15) is 0 Å². The summed E-state index contributed by atoms with van der Waals surface area (Å²) in [5, 5.41) is 0. The number of hydrogen-bond donors (Lipinski definition) is 2. The van der Waals surface area contributed by atoms with Gasteiger partial charge in [-0.05, 0) is 24.8 Å². The van der Waals surface area contributed by atoms with Gasteiger partial charge in [0.15, 0.2) is 0 Å². The van der Waals surface area contributed by atoms with Gasteiger partial charge in [0, 0.05) is 20.1 Å². The number of hydroxylamine groups is 1. The summed E-state index contributed by atoms with van der Waals surface area (Å²) >= 11 is 0. The van der Waals surface area contributed by atoms with Crippen LogP contribution in [0.2, 0.25) is 0 Å². The Bertz CT molecular complexity index is 496. The molecule has 0 saturated heterocycles. The number of rotatable bonds is 12. The van der Waals surface area contributed by atoms with Crippen molar-refractivity contribution in [1.29, 1.82) is 0 Å². The van der Waals surface area contributed by atoms with Crippen LogP contribution in [0.3, 0.4) is 0 Å². The Hall–Kier alpha value is -1.24. The third-order valence-electron chi connectivity index (χ3n) is 3.02. The molecule has 0 radical (unpaired) electrons. The number of unbranched alkanes of at least 4 members (excludes halogenated alkanes) is 2. The highest BCUT2D eigenvalue weighted by Crippen LogP contribution is 2.41. The number of nitrogens with one attached hydrogen (secondary N) is 1. The van der Waals surface area contributed by atoms with Crippen LogP contribution in [0.1, 0.15) is 31.2 Å². The quantitative estimate of drug-likeness (QED) is 0.344. The zero-order valence-corrected chi connectivity index (χ0v) is 14.2. The maximum absolute atomic E-state index is 11.6. The van der Waals surface area contributed by atoms with Crippen LogP contribution in [0, 0.1) is 0 Å². The second-order valence-corrected chi connectivity index (χ2v) is 6.34. The lowest BCUT2D eigenvalue weighted by Gasteiger charge is -2.12. The second kappa shape index (κ2) is 11.3. The van der Waals surface area contributed by atoms with Crippen LogP contribution < -0.4 is 5.48 Å². The Labute approximate surface area is 136 Å². The predicted molar refractivity (Wildman–Crippen MR) is 85.5 cm³/mol. The van der Waals surface area contributed by atoms with Crippen LogP contribution in [0.25, 0.3) is 0 Å². The first-order valence-electron chi connectivity index (χ1n) is 7.51. The third-order valence-corrected chi connectivity index (χ3v) is 3.85. The van der Waals surface area contributed by atoms with E-state index in [0.29, 0.717) is 19.4 Å². The molecule has 1 atom stereocenters. The second-order valence-electron chi connectivity index (χ2n) is 4.96. The lowest BCUT2D eigenvalue weighted by atomic mass is 10.2. The van der Waals surface area contributed by atoms with Gasteiger partial charge in [-0.2, -0.15) is 4.62 Å². The van der Waals surface area contributed by atoms with E-state index in [2.05, 4.69) is 4.62 Å². The number of benzene rings is 1. The fourth-order valence-corrected chi connectivity index (χ4v) is 2.41. The molecule has 0 bridgehead atoms. The van der Waals surface area contributed by atoms with Crippen LogP contribution in [0.4, 0.5) is 0 Å². The van der Waals surface area contributed by atoms with Gasteiger partial charge in [0.25, 0.3) is 0 Å². The minimum absolute atomic E-state index is 0.0185. The molecule has 23 heavy (non-hydrogen) atoms. The molecular formula is C15H24NO6P. The van der Waals surface area contributed by atoms with Crippen molar-refractivity contribution in [2.24, 2.45) is 0 Å². The smallest absolute Gasteiger partial charge is 0.385 e. The predicted octanol–water partition coefficient (Wildman–Crippen LogP) is 2.60. The van der Waals surface area contributed by atoms with Gasteiger partial charge in [0.2, 0.25) is 5.91 Å². The van der Waals surface area contributed by atoms with Crippen LogP contribution in [-0.2, 0) is 29.7 Å². The molecule has 0 saturated carbocycles. The average Bonchev–Trinajstić information content (AvgIpc) is 2.54. The first-order chi connectivity index (χ1) is 11.0. The molecule has 2 N–H and O–H groups in total. The van der Waals surface area contributed by atoms with Crippen molar-refractivity contribution in [2.45, 2.75) is 32.1 Å². The first kappa shape index (κ1) is 19.8. The van der Waals surface area contributed by atoms with Crippen molar-refractivity contribution in [1.82, 2.24) is 5.48 Å². The molecule has 0 aliphatic heterocycles. The van der Waals surface area contributed by atoms with Gasteiger partial charge in [-0.3, -0.25) is 9.32 Å². The Morgan fingerprint density at radius 3 is 2.61 bits per heavy atom. The molecule has 1 aromatic carbocycles. The summed E-state index contributed by atoms with van der Waals surface area (Å²) in [6.45, 7) is 0.671. The van der Waals surface area contributed by atoms with Crippen molar-refractivity contribution in [3.8, 4) is 0 Å². The van der Waals surface area contributed by atoms with Gasteiger partial charge in [-0.15, -0.1) is 0 Å². The van der Waals surface area contributed by atoms with Crippen molar-refractivity contribution in [3.05, 3.63) is 35.9 Å². The normalized spacial score (nSPS) is 13.5. The molecule has 0 aromatic heterocycles. The van der Waals surface area contributed by atoms with E-state index in [-0.39, 0.29) is 13.0 Å². The van der Waals surface area contributed by atoms with E-state index in [1.165, 1.54) is 0 Å². The van der Waals surface area contributed by atoms with Gasteiger partial charge in [-0.25, -0.2) is 10.0 Å². The van der Waals surface area contributed by atoms with E-state index < -0.39 is 13.7 Å². The number of ether oxygens (including phenoxy) is 1. The number of carbonyl (C=O) groups is 1. The van der Waals surface area contributed by atoms with Crippen LogP contribution in [0.15, 0.2) is 30.3 Å². The van der Waals surface area contributed by atoms with Crippen molar-refractivity contribution < 1.29 is 28.1 Å². The van der Waals surface area contributed by atoms with Crippen LogP contribution in [-0.4, -0.2) is 31.1 Å². The molecule has 1 unspecified atom stereocenters. The molecular weight excluding hydrogens is 321 g/mol. The molecule has 130 valence electrons. The first-order valence-corrected chi connectivity index (χ1v) is 9.00. The Morgan fingerprint density at radius 2 is 1.91 bits per heavy atom. The Morgan fingerprint density at radius 1 is 1.17 bits per heavy atom. The Kier molecular flexibility index (Phi) is 9.75. The van der Waals surface area contributed by atoms with E-state index in [0.717, 1.165) is 18.4 Å². The van der Waals surface area contributed by atoms with E-state index in [9.17, 15) is 14.3 Å². The van der Waals surface area contributed by atoms with Crippen LogP contribution in [0.5, 0.6) is 0 Å². The Balaban J connectivity index is 2.14. The monoisotopic (exact) mass is 345 g/mol. The third kappa shape index (κ3) is 10.2. The van der Waals surface area contributed by atoms with E-state index in [1.807, 2.05) is 35.8 Å².